The van der Waals surface area contributed by atoms with Gasteiger partial charge in [-0.25, -0.2) is 0 Å². The highest BCUT2D eigenvalue weighted by Gasteiger charge is 2.08. The van der Waals surface area contributed by atoms with Crippen molar-refractivity contribution in [1.29, 1.82) is 0 Å². The van der Waals surface area contributed by atoms with Crippen molar-refractivity contribution in [3.63, 3.8) is 0 Å². The van der Waals surface area contributed by atoms with E-state index in [2.05, 4.69) is 10.2 Å². The smallest absolute Gasteiger partial charge is 0.247 e. The first-order chi connectivity index (χ1) is 9.26. The van der Waals surface area contributed by atoms with Crippen LogP contribution in [-0.2, 0) is 0 Å². The van der Waals surface area contributed by atoms with Gasteiger partial charge in [-0.15, -0.1) is 10.2 Å². The van der Waals surface area contributed by atoms with Crippen LogP contribution >= 0.6 is 0 Å². The van der Waals surface area contributed by atoms with Crippen LogP contribution in [0.3, 0.4) is 0 Å². The molecular formula is C14H10N2O3. The predicted octanol–water partition coefficient (Wildman–Crippen LogP) is 3.12. The van der Waals surface area contributed by atoms with Crippen LogP contribution in [0.1, 0.15) is 16.4 Å². The first-order valence-corrected chi connectivity index (χ1v) is 5.72. The number of aromatic nitrogens is 2. The summed E-state index contributed by atoms with van der Waals surface area (Å²) in [6.07, 6.45) is 0.680. The van der Waals surface area contributed by atoms with Gasteiger partial charge in [0.2, 0.25) is 11.8 Å². The molecule has 5 heteroatoms. The van der Waals surface area contributed by atoms with E-state index in [0.29, 0.717) is 29.6 Å². The van der Waals surface area contributed by atoms with Crippen molar-refractivity contribution in [2.45, 2.75) is 6.92 Å². The number of carbonyl (C=O) groups excluding carboxylic acids is 1. The van der Waals surface area contributed by atoms with Crippen molar-refractivity contribution in [3.8, 4) is 22.8 Å². The lowest BCUT2D eigenvalue weighted by Gasteiger charge is -1.98. The lowest BCUT2D eigenvalue weighted by atomic mass is 10.1. The molecule has 19 heavy (non-hydrogen) atoms. The molecule has 0 aliphatic carbocycles. The SMILES string of the molecule is Cc1nnc(-c2ccc(-c3ccc(C=O)o3)cc2)o1. The van der Waals surface area contributed by atoms with Crippen LogP contribution < -0.4 is 0 Å². The molecule has 0 aliphatic rings. The summed E-state index contributed by atoms with van der Waals surface area (Å²) in [6.45, 7) is 1.74. The molecule has 0 saturated carbocycles. The fraction of sp³-hybridized carbons (Fsp3) is 0.0714. The van der Waals surface area contributed by atoms with Gasteiger partial charge in [0.15, 0.2) is 12.0 Å². The van der Waals surface area contributed by atoms with Gasteiger partial charge >= 0.3 is 0 Å². The van der Waals surface area contributed by atoms with Crippen LogP contribution in [0.15, 0.2) is 45.2 Å². The third kappa shape index (κ3) is 2.18. The van der Waals surface area contributed by atoms with Crippen LogP contribution in [0, 0.1) is 6.92 Å². The summed E-state index contributed by atoms with van der Waals surface area (Å²) >= 11 is 0. The van der Waals surface area contributed by atoms with Crippen LogP contribution in [0.4, 0.5) is 0 Å². The van der Waals surface area contributed by atoms with E-state index in [1.54, 1.807) is 19.1 Å². The molecule has 0 radical (unpaired) electrons. The summed E-state index contributed by atoms with van der Waals surface area (Å²) in [5.41, 5.74) is 1.72. The average Bonchev–Trinajstić information content (AvgIpc) is 3.07. The molecule has 0 atom stereocenters. The van der Waals surface area contributed by atoms with Gasteiger partial charge in [0.1, 0.15) is 5.76 Å². The number of hydrogen-bond donors (Lipinski definition) is 0. The Labute approximate surface area is 108 Å². The Morgan fingerprint density at radius 1 is 0.947 bits per heavy atom. The third-order valence-corrected chi connectivity index (χ3v) is 2.69. The van der Waals surface area contributed by atoms with Crippen molar-refractivity contribution in [1.82, 2.24) is 10.2 Å². The number of benzene rings is 1. The molecule has 0 aliphatic heterocycles. The van der Waals surface area contributed by atoms with E-state index in [4.69, 9.17) is 8.83 Å². The molecule has 2 heterocycles. The third-order valence-electron chi connectivity index (χ3n) is 2.69. The van der Waals surface area contributed by atoms with E-state index < -0.39 is 0 Å². The Morgan fingerprint density at radius 2 is 1.68 bits per heavy atom. The average molecular weight is 254 g/mol. The highest BCUT2D eigenvalue weighted by atomic mass is 16.4. The summed E-state index contributed by atoms with van der Waals surface area (Å²) in [7, 11) is 0. The molecule has 0 unspecified atom stereocenters. The van der Waals surface area contributed by atoms with Gasteiger partial charge in [0.25, 0.3) is 0 Å². The Morgan fingerprint density at radius 3 is 2.26 bits per heavy atom. The van der Waals surface area contributed by atoms with E-state index in [1.807, 2.05) is 24.3 Å². The van der Waals surface area contributed by atoms with Gasteiger partial charge in [0.05, 0.1) is 0 Å². The van der Waals surface area contributed by atoms with Gasteiger partial charge in [-0.05, 0) is 24.3 Å². The normalized spacial score (nSPS) is 10.6. The Balaban J connectivity index is 1.92. The van der Waals surface area contributed by atoms with E-state index in [9.17, 15) is 4.79 Å². The second-order valence-corrected chi connectivity index (χ2v) is 4.02. The fourth-order valence-corrected chi connectivity index (χ4v) is 1.76. The van der Waals surface area contributed by atoms with Gasteiger partial charge in [-0.1, -0.05) is 12.1 Å². The van der Waals surface area contributed by atoms with Gasteiger partial charge in [-0.2, -0.15) is 0 Å². The Kier molecular flexibility index (Phi) is 2.72. The monoisotopic (exact) mass is 254 g/mol. The number of nitrogens with zero attached hydrogens (tertiary/aromatic N) is 2. The zero-order chi connectivity index (χ0) is 13.2. The molecule has 0 saturated heterocycles. The quantitative estimate of drug-likeness (QED) is 0.671. The molecule has 94 valence electrons. The van der Waals surface area contributed by atoms with Crippen molar-refractivity contribution < 1.29 is 13.6 Å². The minimum absolute atomic E-state index is 0.312. The lowest BCUT2D eigenvalue weighted by molar-refractivity contribution is 0.110. The molecule has 0 fully saturated rings. The molecule has 1 aromatic carbocycles. The van der Waals surface area contributed by atoms with E-state index in [-0.39, 0.29) is 0 Å². The highest BCUT2D eigenvalue weighted by molar-refractivity contribution is 5.73. The highest BCUT2D eigenvalue weighted by Crippen LogP contribution is 2.25. The molecule has 0 N–H and O–H groups in total. The first-order valence-electron chi connectivity index (χ1n) is 5.72. The van der Waals surface area contributed by atoms with Gasteiger partial charge in [-0.3, -0.25) is 4.79 Å². The Hall–Kier alpha value is -2.69. The number of aryl methyl sites for hydroxylation is 1. The van der Waals surface area contributed by atoms with Gasteiger partial charge < -0.3 is 8.83 Å². The summed E-state index contributed by atoms with van der Waals surface area (Å²) in [5.74, 6) is 1.97. The molecule has 0 spiro atoms. The van der Waals surface area contributed by atoms with E-state index in [0.717, 1.165) is 11.1 Å². The first kappa shape index (κ1) is 11.4. The van der Waals surface area contributed by atoms with Crippen molar-refractivity contribution >= 4 is 6.29 Å². The second-order valence-electron chi connectivity index (χ2n) is 4.02. The number of aldehydes is 1. The van der Waals surface area contributed by atoms with Crippen molar-refractivity contribution in [3.05, 3.63) is 48.0 Å². The summed E-state index contributed by atoms with van der Waals surface area (Å²) < 4.78 is 10.7. The summed E-state index contributed by atoms with van der Waals surface area (Å²) in [6, 6.07) is 10.9. The van der Waals surface area contributed by atoms with Gasteiger partial charge in [0, 0.05) is 18.1 Å². The molecule has 5 nitrogen and oxygen atoms in total. The number of furan rings is 1. The zero-order valence-electron chi connectivity index (χ0n) is 10.2. The lowest BCUT2D eigenvalue weighted by Crippen LogP contribution is -1.79. The maximum atomic E-state index is 10.6. The minimum atomic E-state index is 0.312. The molecule has 0 bridgehead atoms. The molecule has 3 rings (SSSR count). The summed E-state index contributed by atoms with van der Waals surface area (Å²) in [5, 5.41) is 7.73. The van der Waals surface area contributed by atoms with E-state index >= 15 is 0 Å². The van der Waals surface area contributed by atoms with Crippen molar-refractivity contribution in [2.75, 3.05) is 0 Å². The predicted molar refractivity (Wildman–Crippen MR) is 67.6 cm³/mol. The number of rotatable bonds is 3. The number of hydrogen-bond acceptors (Lipinski definition) is 5. The fourth-order valence-electron chi connectivity index (χ4n) is 1.76. The topological polar surface area (TPSA) is 69.1 Å². The zero-order valence-corrected chi connectivity index (χ0v) is 10.2. The van der Waals surface area contributed by atoms with Crippen LogP contribution in [0.5, 0.6) is 0 Å². The Bertz CT molecular complexity index is 710. The largest absolute Gasteiger partial charge is 0.453 e. The molecule has 2 aromatic heterocycles. The molecular weight excluding hydrogens is 244 g/mol. The van der Waals surface area contributed by atoms with Crippen LogP contribution in [0.25, 0.3) is 22.8 Å². The molecule has 0 amide bonds. The van der Waals surface area contributed by atoms with Crippen molar-refractivity contribution in [2.24, 2.45) is 0 Å². The van der Waals surface area contributed by atoms with E-state index in [1.165, 1.54) is 0 Å². The van der Waals surface area contributed by atoms with Crippen LogP contribution in [-0.4, -0.2) is 16.5 Å². The van der Waals surface area contributed by atoms with Crippen LogP contribution in [0.2, 0.25) is 0 Å². The maximum absolute atomic E-state index is 10.6. The number of carbonyl (C=O) groups is 1. The summed E-state index contributed by atoms with van der Waals surface area (Å²) in [4.78, 5) is 10.6. The second kappa shape index (κ2) is 4.53. The minimum Gasteiger partial charge on any atom is -0.453 e. The standard InChI is InChI=1S/C14H10N2O3/c1-9-15-16-14(18-9)11-4-2-10(3-5-11)13-7-6-12(8-17)19-13/h2-8H,1H3. The molecule has 3 aromatic rings. The maximum Gasteiger partial charge on any atom is 0.247 e.